The lowest BCUT2D eigenvalue weighted by molar-refractivity contribution is 0.661. The molecule has 0 spiro atoms. The van der Waals surface area contributed by atoms with Gasteiger partial charge in [-0.1, -0.05) is 123 Å². The minimum absolute atomic E-state index is 0.0427. The van der Waals surface area contributed by atoms with E-state index in [-0.39, 0.29) is 5.41 Å². The molecule has 0 bridgehead atoms. The molecule has 0 atom stereocenters. The molecule has 8 aromatic rings. The van der Waals surface area contributed by atoms with Gasteiger partial charge in [-0.2, -0.15) is 0 Å². The van der Waals surface area contributed by atoms with Crippen LogP contribution < -0.4 is 0 Å². The van der Waals surface area contributed by atoms with Crippen molar-refractivity contribution in [2.45, 2.75) is 19.3 Å². The number of rotatable bonds is 4. The van der Waals surface area contributed by atoms with Gasteiger partial charge in [0.05, 0.1) is 17.1 Å². The van der Waals surface area contributed by atoms with Crippen molar-refractivity contribution in [2.75, 3.05) is 0 Å². The Morgan fingerprint density at radius 3 is 1.89 bits per heavy atom. The highest BCUT2D eigenvalue weighted by molar-refractivity contribution is 6.10. The predicted molar refractivity (Wildman–Crippen MR) is 194 cm³/mol. The molecule has 222 valence electrons. The van der Waals surface area contributed by atoms with Gasteiger partial charge in [0.25, 0.3) is 0 Å². The van der Waals surface area contributed by atoms with Crippen molar-refractivity contribution >= 4 is 21.5 Å². The zero-order chi connectivity index (χ0) is 31.5. The normalized spacial score (nSPS) is 13.1. The van der Waals surface area contributed by atoms with E-state index in [1.807, 2.05) is 42.6 Å². The molecule has 1 aliphatic rings. The van der Waals surface area contributed by atoms with Crippen molar-refractivity contribution in [3.63, 3.8) is 0 Å². The number of hydrogen-bond donors (Lipinski definition) is 0. The first kappa shape index (κ1) is 27.4. The van der Waals surface area contributed by atoms with Gasteiger partial charge in [-0.25, -0.2) is 9.97 Å². The Kier molecular flexibility index (Phi) is 6.16. The van der Waals surface area contributed by atoms with Gasteiger partial charge in [-0.3, -0.25) is 4.98 Å². The lowest BCUT2D eigenvalue weighted by Gasteiger charge is -2.22. The first-order valence-corrected chi connectivity index (χ1v) is 16.1. The molecular formula is C44H31N3. The SMILES string of the molecule is CC1(C)c2ccccc2-c2cc3ccc4cc(-c5cc(-c6ccccc6-c6ccccn6)nc(-c6ccccc6)n5)ccc4c3cc21. The van der Waals surface area contributed by atoms with Crippen LogP contribution in [-0.4, -0.2) is 15.0 Å². The fraction of sp³-hybridized carbons (Fsp3) is 0.0682. The highest BCUT2D eigenvalue weighted by Gasteiger charge is 2.35. The molecule has 3 heteroatoms. The van der Waals surface area contributed by atoms with Crippen LogP contribution in [0.25, 0.3) is 77.8 Å². The Labute approximate surface area is 274 Å². The molecule has 6 aromatic carbocycles. The molecule has 1 aliphatic carbocycles. The third-order valence-corrected chi connectivity index (χ3v) is 9.74. The molecule has 3 nitrogen and oxygen atoms in total. The molecule has 9 rings (SSSR count). The molecule has 0 aliphatic heterocycles. The Balaban J connectivity index is 1.21. The summed E-state index contributed by atoms with van der Waals surface area (Å²) in [5.74, 6) is 0.699. The summed E-state index contributed by atoms with van der Waals surface area (Å²) in [5.41, 5.74) is 12.2. The van der Waals surface area contributed by atoms with Crippen LogP contribution in [0, 0.1) is 0 Å². The average molecular weight is 602 g/mol. The van der Waals surface area contributed by atoms with Gasteiger partial charge in [0, 0.05) is 33.9 Å². The molecule has 0 unspecified atom stereocenters. The third kappa shape index (κ3) is 4.46. The summed E-state index contributed by atoms with van der Waals surface area (Å²) in [4.78, 5) is 14.9. The van der Waals surface area contributed by atoms with E-state index in [9.17, 15) is 0 Å². The fourth-order valence-corrected chi connectivity index (χ4v) is 7.32. The highest BCUT2D eigenvalue weighted by Crippen LogP contribution is 2.50. The van der Waals surface area contributed by atoms with Crippen LogP contribution in [0.3, 0.4) is 0 Å². The number of nitrogens with zero attached hydrogens (tertiary/aromatic N) is 3. The van der Waals surface area contributed by atoms with Crippen molar-refractivity contribution < 1.29 is 0 Å². The zero-order valence-electron chi connectivity index (χ0n) is 26.3. The van der Waals surface area contributed by atoms with Crippen LogP contribution in [0.15, 0.2) is 152 Å². The second-order valence-corrected chi connectivity index (χ2v) is 12.9. The van der Waals surface area contributed by atoms with E-state index < -0.39 is 0 Å². The van der Waals surface area contributed by atoms with Gasteiger partial charge in [0.2, 0.25) is 0 Å². The quantitative estimate of drug-likeness (QED) is 0.188. The summed E-state index contributed by atoms with van der Waals surface area (Å²) in [7, 11) is 0. The van der Waals surface area contributed by atoms with E-state index in [0.717, 1.165) is 39.3 Å². The monoisotopic (exact) mass is 601 g/mol. The van der Waals surface area contributed by atoms with Crippen LogP contribution in [0.2, 0.25) is 0 Å². The van der Waals surface area contributed by atoms with Crippen LogP contribution in [0.5, 0.6) is 0 Å². The summed E-state index contributed by atoms with van der Waals surface area (Å²) in [6.07, 6.45) is 1.83. The molecule has 0 radical (unpaired) electrons. The molecule has 47 heavy (non-hydrogen) atoms. The average Bonchev–Trinajstić information content (AvgIpc) is 3.36. The lowest BCUT2D eigenvalue weighted by Crippen LogP contribution is -2.14. The van der Waals surface area contributed by atoms with Gasteiger partial charge in [-0.05, 0) is 80.2 Å². The number of pyridine rings is 1. The summed E-state index contributed by atoms with van der Waals surface area (Å²) in [6, 6.07) is 51.6. The summed E-state index contributed by atoms with van der Waals surface area (Å²) in [6.45, 7) is 4.69. The van der Waals surface area contributed by atoms with Crippen molar-refractivity contribution in [3.05, 3.63) is 163 Å². The van der Waals surface area contributed by atoms with E-state index >= 15 is 0 Å². The first-order chi connectivity index (χ1) is 23.0. The number of hydrogen-bond acceptors (Lipinski definition) is 3. The fourth-order valence-electron chi connectivity index (χ4n) is 7.32. The lowest BCUT2D eigenvalue weighted by atomic mass is 9.81. The Morgan fingerprint density at radius 1 is 0.426 bits per heavy atom. The maximum absolute atomic E-state index is 5.13. The first-order valence-electron chi connectivity index (χ1n) is 16.1. The highest BCUT2D eigenvalue weighted by atomic mass is 14.9. The zero-order valence-corrected chi connectivity index (χ0v) is 26.3. The molecule has 0 N–H and O–H groups in total. The molecule has 0 saturated heterocycles. The van der Waals surface area contributed by atoms with Gasteiger partial charge >= 0.3 is 0 Å². The number of fused-ring (bicyclic) bond motifs is 6. The van der Waals surface area contributed by atoms with Gasteiger partial charge in [0.1, 0.15) is 0 Å². The van der Waals surface area contributed by atoms with Crippen molar-refractivity contribution in [2.24, 2.45) is 0 Å². The van der Waals surface area contributed by atoms with Crippen molar-refractivity contribution in [3.8, 4) is 56.3 Å². The number of aromatic nitrogens is 3. The van der Waals surface area contributed by atoms with E-state index in [1.54, 1.807) is 0 Å². The van der Waals surface area contributed by atoms with Crippen LogP contribution in [0.4, 0.5) is 0 Å². The minimum Gasteiger partial charge on any atom is -0.256 e. The molecular weight excluding hydrogens is 571 g/mol. The number of benzene rings is 6. The Bertz CT molecular complexity index is 2480. The smallest absolute Gasteiger partial charge is 0.160 e. The van der Waals surface area contributed by atoms with Gasteiger partial charge in [-0.15, -0.1) is 0 Å². The Morgan fingerprint density at radius 2 is 1.11 bits per heavy atom. The molecule has 0 fully saturated rings. The van der Waals surface area contributed by atoms with Crippen molar-refractivity contribution in [1.82, 2.24) is 15.0 Å². The van der Waals surface area contributed by atoms with Crippen LogP contribution in [0.1, 0.15) is 25.0 Å². The van der Waals surface area contributed by atoms with Crippen molar-refractivity contribution in [1.29, 1.82) is 0 Å². The van der Waals surface area contributed by atoms with Crippen LogP contribution in [-0.2, 0) is 5.41 Å². The molecule has 0 saturated carbocycles. The largest absolute Gasteiger partial charge is 0.256 e. The van der Waals surface area contributed by atoms with E-state index in [4.69, 9.17) is 9.97 Å². The minimum atomic E-state index is -0.0427. The summed E-state index contributed by atoms with van der Waals surface area (Å²) in [5, 5.41) is 4.99. The van der Waals surface area contributed by atoms with Gasteiger partial charge < -0.3 is 0 Å². The van der Waals surface area contributed by atoms with E-state index in [0.29, 0.717) is 5.82 Å². The second kappa shape index (κ2) is 10.6. The summed E-state index contributed by atoms with van der Waals surface area (Å²) < 4.78 is 0. The molecule has 2 heterocycles. The molecule has 0 amide bonds. The van der Waals surface area contributed by atoms with E-state index in [2.05, 4.69) is 128 Å². The van der Waals surface area contributed by atoms with Crippen LogP contribution >= 0.6 is 0 Å². The molecule has 2 aromatic heterocycles. The summed E-state index contributed by atoms with van der Waals surface area (Å²) >= 11 is 0. The topological polar surface area (TPSA) is 38.7 Å². The van der Waals surface area contributed by atoms with E-state index in [1.165, 1.54) is 43.8 Å². The maximum atomic E-state index is 5.13. The standard InChI is InChI=1S/C44H31N3/c1-44(2)38-17-9-8-14-33(38)37-25-30-20-19-29-24-31(21-22-32(29)36(30)26-39(37)44)41-27-42(47-43(46-41)28-12-4-3-5-13-28)35-16-7-6-15-34(35)40-18-10-11-23-45-40/h3-27H,1-2H3. The predicted octanol–water partition coefficient (Wildman–Crippen LogP) is 11.2. The second-order valence-electron chi connectivity index (χ2n) is 12.9. The Hall–Kier alpha value is -5.93. The maximum Gasteiger partial charge on any atom is 0.160 e. The van der Waals surface area contributed by atoms with Gasteiger partial charge in [0.15, 0.2) is 5.82 Å². The third-order valence-electron chi connectivity index (χ3n) is 9.74.